The van der Waals surface area contributed by atoms with Crippen molar-refractivity contribution in [2.45, 2.75) is 89.4 Å². The van der Waals surface area contributed by atoms with E-state index < -0.39 is 22.7 Å². The predicted octanol–water partition coefficient (Wildman–Crippen LogP) is 8.53. The highest BCUT2D eigenvalue weighted by molar-refractivity contribution is 6.03. The number of ether oxygens (including phenoxy) is 4. The van der Waals surface area contributed by atoms with E-state index in [0.29, 0.717) is 61.8 Å². The Balaban J connectivity index is 1.56. The fourth-order valence-corrected chi connectivity index (χ4v) is 9.40. The highest BCUT2D eigenvalue weighted by Crippen LogP contribution is 2.62. The van der Waals surface area contributed by atoms with Crippen LogP contribution in [0.15, 0.2) is 96.2 Å². The Labute approximate surface area is 352 Å². The summed E-state index contributed by atoms with van der Waals surface area (Å²) in [5, 5.41) is 36.2. The van der Waals surface area contributed by atoms with Crippen molar-refractivity contribution in [1.29, 1.82) is 0 Å². The van der Waals surface area contributed by atoms with E-state index in [1.54, 1.807) is 31.4 Å². The Morgan fingerprint density at radius 3 is 2.48 bits per heavy atom. The third-order valence-electron chi connectivity index (χ3n) is 11.9. The molecule has 0 spiro atoms. The molecule has 1 amide bonds. The van der Waals surface area contributed by atoms with Gasteiger partial charge in [0.2, 0.25) is 11.7 Å². The quantitative estimate of drug-likeness (QED) is 0.0435. The lowest BCUT2D eigenvalue weighted by Gasteiger charge is -2.60. The number of unbranched alkanes of at least 4 members (excludes halogenated alkanes) is 2. The molecule has 0 unspecified atom stereocenters. The Kier molecular flexibility index (Phi) is 15.4. The topological polar surface area (TPSA) is 162 Å². The minimum Gasteiger partial charge on any atom is -0.497 e. The monoisotopic (exact) mass is 825 g/mol. The van der Waals surface area contributed by atoms with E-state index in [1.807, 2.05) is 55.1 Å². The van der Waals surface area contributed by atoms with E-state index in [9.17, 15) is 25.1 Å². The van der Waals surface area contributed by atoms with Gasteiger partial charge in [-0.15, -0.1) is 6.58 Å². The van der Waals surface area contributed by atoms with Crippen LogP contribution in [0.4, 0.5) is 5.69 Å². The largest absolute Gasteiger partial charge is 0.497 e. The second kappa shape index (κ2) is 20.8. The number of nitrogens with zero attached hydrogens (tertiary/aromatic N) is 3. The molecule has 0 saturated heterocycles. The van der Waals surface area contributed by atoms with Crippen LogP contribution in [0, 0.1) is 27.9 Å². The molecule has 0 radical (unpaired) electrons. The SMILES string of the molecule is C=CCO[C@@]12Oc3ccc(Oc4cccc([N+](=O)[O-])c4)cc3[C@H]3[C@H](CCCCO)[C@@H](CCCCO)C=C(C(=NOCC)C[C@@H]1N(CCC)C(=O)Cc1cccc(OC)c1)[C@H]32. The summed E-state index contributed by atoms with van der Waals surface area (Å²) in [7, 11) is 1.60. The molecule has 0 aromatic heterocycles. The Hall–Kier alpha value is -5.24. The van der Waals surface area contributed by atoms with Gasteiger partial charge in [0.05, 0.1) is 42.8 Å². The highest BCUT2D eigenvalue weighted by atomic mass is 16.7. The van der Waals surface area contributed by atoms with Crippen LogP contribution >= 0.6 is 0 Å². The van der Waals surface area contributed by atoms with Gasteiger partial charge in [0, 0.05) is 43.7 Å². The average molecular weight is 826 g/mol. The third kappa shape index (κ3) is 9.69. The summed E-state index contributed by atoms with van der Waals surface area (Å²) in [6.07, 6.45) is 9.58. The number of aliphatic hydroxyl groups is 2. The summed E-state index contributed by atoms with van der Waals surface area (Å²) in [6, 6.07) is 18.6. The lowest BCUT2D eigenvalue weighted by Crippen LogP contribution is -2.70. The molecule has 3 aromatic carbocycles. The molecular formula is C47H59N3O10. The first-order valence-corrected chi connectivity index (χ1v) is 21.3. The normalized spacial score (nSPS) is 23.4. The number of carbonyl (C=O) groups is 1. The Bertz CT molecular complexity index is 2020. The number of hydrogen-bond acceptors (Lipinski definition) is 11. The molecule has 2 N–H and O–H groups in total. The summed E-state index contributed by atoms with van der Waals surface area (Å²) in [6.45, 7) is 9.04. The zero-order valence-electron chi connectivity index (χ0n) is 35.0. The fourth-order valence-electron chi connectivity index (χ4n) is 9.40. The van der Waals surface area contributed by atoms with E-state index in [1.165, 1.54) is 12.1 Å². The van der Waals surface area contributed by atoms with Crippen molar-refractivity contribution in [3.8, 4) is 23.0 Å². The molecule has 2 aliphatic carbocycles. The number of non-ortho nitro benzene ring substituents is 1. The van der Waals surface area contributed by atoms with Crippen molar-refractivity contribution in [3.05, 3.63) is 112 Å². The number of amides is 1. The molecule has 13 nitrogen and oxygen atoms in total. The average Bonchev–Trinajstić information content (AvgIpc) is 3.25. The number of benzene rings is 3. The standard InChI is InChI=1S/C47H59N3O10/c1-5-22-49(44(53)27-32-14-12-17-35(26-32)56-4)43-31-41(48-58-7-3)39-28-33(15-8-10-23-51)38(19-9-11-24-52)45-40-30-37(59-36-18-13-16-34(29-36)50(54)55)20-21-42(40)60-47(43,46(39)45)57-25-6-2/h6,12-14,16-18,20-21,26,28-30,33,38,43,45-46,51-52H,2,5,7-11,15,19,22-25,27,31H2,1,3-4H3/t33-,38+,43-,45+,46+,47+/m0/s1. The predicted molar refractivity (Wildman–Crippen MR) is 228 cm³/mol. The van der Waals surface area contributed by atoms with Gasteiger partial charge in [-0.3, -0.25) is 14.9 Å². The number of nitro benzene ring substituents is 1. The minimum absolute atomic E-state index is 0.0191. The van der Waals surface area contributed by atoms with Gasteiger partial charge in [-0.05, 0) is 98.4 Å². The summed E-state index contributed by atoms with van der Waals surface area (Å²) in [5.74, 6) is -0.0881. The van der Waals surface area contributed by atoms with Gasteiger partial charge in [0.1, 0.15) is 35.6 Å². The van der Waals surface area contributed by atoms with Crippen molar-refractivity contribution in [3.63, 3.8) is 0 Å². The Morgan fingerprint density at radius 2 is 1.77 bits per heavy atom. The van der Waals surface area contributed by atoms with E-state index in [0.717, 1.165) is 48.1 Å². The van der Waals surface area contributed by atoms with Gasteiger partial charge >= 0.3 is 0 Å². The maximum Gasteiger partial charge on any atom is 0.273 e. The first kappa shape index (κ1) is 44.3. The maximum absolute atomic E-state index is 14.8. The van der Waals surface area contributed by atoms with Crippen LogP contribution in [0.1, 0.15) is 82.3 Å². The summed E-state index contributed by atoms with van der Waals surface area (Å²) >= 11 is 0. The number of oxime groups is 1. The number of rotatable bonds is 22. The second-order valence-electron chi connectivity index (χ2n) is 15.7. The van der Waals surface area contributed by atoms with Crippen molar-refractivity contribution >= 4 is 17.3 Å². The first-order chi connectivity index (χ1) is 29.2. The van der Waals surface area contributed by atoms with Gasteiger partial charge in [-0.2, -0.15) is 0 Å². The number of methoxy groups -OCH3 is 1. The lowest BCUT2D eigenvalue weighted by molar-refractivity contribution is -0.384. The number of carbonyl (C=O) groups excluding carboxylic acids is 1. The maximum atomic E-state index is 14.8. The van der Waals surface area contributed by atoms with Crippen LogP contribution in [0.5, 0.6) is 23.0 Å². The molecule has 0 bridgehead atoms. The lowest BCUT2D eigenvalue weighted by atomic mass is 9.55. The number of allylic oxidation sites excluding steroid dienone is 1. The van der Waals surface area contributed by atoms with Gasteiger partial charge in [-0.25, -0.2) is 0 Å². The number of aliphatic hydroxyl groups excluding tert-OH is 2. The highest BCUT2D eigenvalue weighted by Gasteiger charge is 2.65. The van der Waals surface area contributed by atoms with Crippen LogP contribution in [0.3, 0.4) is 0 Å². The van der Waals surface area contributed by atoms with Crippen LogP contribution in [0.25, 0.3) is 0 Å². The second-order valence-corrected chi connectivity index (χ2v) is 15.7. The molecule has 3 aliphatic rings. The first-order valence-electron chi connectivity index (χ1n) is 21.3. The number of hydrogen-bond donors (Lipinski definition) is 2. The number of nitro groups is 1. The molecule has 1 heterocycles. The Morgan fingerprint density at radius 1 is 1.02 bits per heavy atom. The van der Waals surface area contributed by atoms with Gasteiger partial charge in [0.15, 0.2) is 0 Å². The molecule has 1 aliphatic heterocycles. The van der Waals surface area contributed by atoms with Crippen molar-refractivity contribution in [1.82, 2.24) is 4.90 Å². The third-order valence-corrected chi connectivity index (χ3v) is 11.9. The molecule has 1 fully saturated rings. The molecule has 322 valence electrons. The van der Waals surface area contributed by atoms with Gasteiger partial charge < -0.3 is 38.9 Å². The zero-order valence-corrected chi connectivity index (χ0v) is 35.0. The molecule has 3 aromatic rings. The van der Waals surface area contributed by atoms with E-state index in [4.69, 9.17) is 28.9 Å². The minimum atomic E-state index is -1.39. The molecule has 1 saturated carbocycles. The molecule has 60 heavy (non-hydrogen) atoms. The molecule has 6 rings (SSSR count). The summed E-state index contributed by atoms with van der Waals surface area (Å²) in [4.78, 5) is 33.7. The van der Waals surface area contributed by atoms with Crippen LogP contribution < -0.4 is 14.2 Å². The smallest absolute Gasteiger partial charge is 0.273 e. The van der Waals surface area contributed by atoms with E-state index in [-0.39, 0.29) is 55.6 Å². The summed E-state index contributed by atoms with van der Waals surface area (Å²) < 4.78 is 26.2. The van der Waals surface area contributed by atoms with Crippen LogP contribution in [-0.2, 0) is 20.8 Å². The fraction of sp³-hybridized carbons (Fsp3) is 0.489. The summed E-state index contributed by atoms with van der Waals surface area (Å²) in [5.41, 5.74) is 3.28. The molecule has 6 atom stereocenters. The zero-order chi connectivity index (χ0) is 42.6. The van der Waals surface area contributed by atoms with E-state index >= 15 is 0 Å². The molecular weight excluding hydrogens is 767 g/mol. The van der Waals surface area contributed by atoms with Crippen LogP contribution in [-0.4, -0.2) is 83.6 Å². The van der Waals surface area contributed by atoms with Crippen molar-refractivity contribution in [2.24, 2.45) is 22.9 Å². The van der Waals surface area contributed by atoms with E-state index in [2.05, 4.69) is 12.7 Å². The van der Waals surface area contributed by atoms with Gasteiger partial charge in [0.25, 0.3) is 5.69 Å². The number of fused-ring (bicyclic) bond motifs is 2. The molecule has 13 heteroatoms. The van der Waals surface area contributed by atoms with Crippen molar-refractivity contribution < 1.29 is 43.7 Å². The van der Waals surface area contributed by atoms with Crippen LogP contribution in [0.2, 0.25) is 0 Å². The van der Waals surface area contributed by atoms with Gasteiger partial charge in [-0.1, -0.05) is 55.3 Å². The van der Waals surface area contributed by atoms with Crippen molar-refractivity contribution in [2.75, 3.05) is 40.1 Å².